The van der Waals surface area contributed by atoms with Crippen LogP contribution in [0.15, 0.2) is 73.2 Å². The Bertz CT molecular complexity index is 1380. The number of rotatable bonds is 10. The summed E-state index contributed by atoms with van der Waals surface area (Å²) in [5.41, 5.74) is 6.20. The topological polar surface area (TPSA) is 82.4 Å². The maximum absolute atomic E-state index is 13.7. The van der Waals surface area contributed by atoms with Crippen LogP contribution in [0.4, 0.5) is 5.69 Å². The highest BCUT2D eigenvalue weighted by Gasteiger charge is 2.25. The van der Waals surface area contributed by atoms with Gasteiger partial charge in [0, 0.05) is 62.0 Å². The van der Waals surface area contributed by atoms with E-state index in [1.807, 2.05) is 54.6 Å². The number of aliphatic hydroxyl groups excluding tert-OH is 1. The second kappa shape index (κ2) is 12.0. The minimum atomic E-state index is -0.772. The third-order valence-electron chi connectivity index (χ3n) is 7.12. The molecule has 7 nitrogen and oxygen atoms in total. The first-order valence-corrected chi connectivity index (χ1v) is 14.1. The summed E-state index contributed by atoms with van der Waals surface area (Å²) in [5, 5.41) is 18.8. The number of carbonyl (C=O) groups excluding carboxylic acids is 1. The molecular weight excluding hydrogens is 494 g/mol. The molecule has 2 aromatic carbocycles. The third kappa shape index (κ3) is 5.88. The Morgan fingerprint density at radius 3 is 2.74 bits per heavy atom. The molecule has 0 unspecified atom stereocenters. The fraction of sp³-hybridized carbons (Fsp3) is 0.333. The van der Waals surface area contributed by atoms with Crippen molar-refractivity contribution in [1.82, 2.24) is 20.2 Å². The number of hydrogen-bond acceptors (Lipinski definition) is 6. The predicted octanol–water partition coefficient (Wildman–Crippen LogP) is 4.19. The first kappa shape index (κ1) is 26.3. The van der Waals surface area contributed by atoms with Crippen molar-refractivity contribution in [3.05, 3.63) is 95.4 Å². The van der Waals surface area contributed by atoms with Gasteiger partial charge >= 0.3 is 0 Å². The second-order valence-electron chi connectivity index (χ2n) is 9.75. The molecule has 2 atom stereocenters. The van der Waals surface area contributed by atoms with Gasteiger partial charge in [0.1, 0.15) is 0 Å². The van der Waals surface area contributed by atoms with Crippen LogP contribution in [0.2, 0.25) is 0 Å². The summed E-state index contributed by atoms with van der Waals surface area (Å²) < 4.78 is 4.48. The van der Waals surface area contributed by atoms with Gasteiger partial charge in [-0.2, -0.15) is 0 Å². The molecule has 198 valence electrons. The summed E-state index contributed by atoms with van der Waals surface area (Å²) in [6.07, 6.45) is 6.44. The van der Waals surface area contributed by atoms with Gasteiger partial charge in [0.05, 0.1) is 23.3 Å². The van der Waals surface area contributed by atoms with Gasteiger partial charge in [0.2, 0.25) is 0 Å². The Morgan fingerprint density at radius 2 is 1.97 bits per heavy atom. The molecule has 3 N–H and O–H groups in total. The number of aliphatic hydroxyl groups is 1. The summed E-state index contributed by atoms with van der Waals surface area (Å²) in [4.78, 5) is 17.8. The number of aryl methyl sites for hydroxylation is 2. The first-order chi connectivity index (χ1) is 18.5. The van der Waals surface area contributed by atoms with Crippen molar-refractivity contribution in [3.63, 3.8) is 0 Å². The standard InChI is InChI=1S/C30H35N5O2S/c1-3-23-20-35-12-13-38-34(2)27-16-24(15-25(23)29(27)35)30(37)33-26(14-21-8-5-4-6-9-21)28(36)19-32-18-22-10-7-11-31-17-22/h4-11,15-17,20,26,28,32,36H,3,12-14,18-19H2,1-2H3,(H,33,37)/t26-,28+/m0/s1. The number of aromatic nitrogens is 2. The summed E-state index contributed by atoms with van der Waals surface area (Å²) in [7, 11) is 2.06. The lowest BCUT2D eigenvalue weighted by molar-refractivity contribution is 0.0830. The van der Waals surface area contributed by atoms with E-state index >= 15 is 0 Å². The minimum Gasteiger partial charge on any atom is -0.390 e. The number of nitrogens with one attached hydrogen (secondary N) is 2. The Hall–Kier alpha value is -3.33. The first-order valence-electron chi connectivity index (χ1n) is 13.2. The van der Waals surface area contributed by atoms with E-state index in [1.54, 1.807) is 24.3 Å². The van der Waals surface area contributed by atoms with Crippen LogP contribution in [0.5, 0.6) is 0 Å². The molecule has 1 aliphatic rings. The lowest BCUT2D eigenvalue weighted by Crippen LogP contribution is -2.48. The number of carbonyl (C=O) groups is 1. The van der Waals surface area contributed by atoms with Crippen LogP contribution < -0.4 is 14.9 Å². The SMILES string of the molecule is CCc1cn2c3c(cc(C(=O)N[C@@H](Cc4ccccc4)[C@H](O)CNCc4cccnc4)cc13)N(C)SCC2. The molecule has 8 heteroatoms. The van der Waals surface area contributed by atoms with Crippen molar-refractivity contribution in [3.8, 4) is 0 Å². The normalized spacial score (nSPS) is 14.8. The van der Waals surface area contributed by atoms with Crippen molar-refractivity contribution < 1.29 is 9.90 Å². The fourth-order valence-electron chi connectivity index (χ4n) is 5.08. The van der Waals surface area contributed by atoms with Crippen molar-refractivity contribution in [2.75, 3.05) is 23.7 Å². The number of benzene rings is 2. The zero-order valence-electron chi connectivity index (χ0n) is 21.9. The second-order valence-corrected chi connectivity index (χ2v) is 11.0. The smallest absolute Gasteiger partial charge is 0.251 e. The van der Waals surface area contributed by atoms with Gasteiger partial charge in [-0.3, -0.25) is 9.78 Å². The average molecular weight is 530 g/mol. The summed E-state index contributed by atoms with van der Waals surface area (Å²) in [6, 6.07) is 17.4. The Labute approximate surface area is 228 Å². The molecule has 0 radical (unpaired) electrons. The van der Waals surface area contributed by atoms with Crippen LogP contribution in [0.1, 0.15) is 34.0 Å². The molecule has 0 aliphatic carbocycles. The van der Waals surface area contributed by atoms with E-state index in [0.29, 0.717) is 25.1 Å². The molecule has 3 heterocycles. The number of amides is 1. The zero-order chi connectivity index (χ0) is 26.5. The minimum absolute atomic E-state index is 0.173. The Morgan fingerprint density at radius 1 is 1.16 bits per heavy atom. The monoisotopic (exact) mass is 529 g/mol. The predicted molar refractivity (Wildman–Crippen MR) is 156 cm³/mol. The van der Waals surface area contributed by atoms with Gasteiger partial charge < -0.3 is 24.6 Å². The van der Waals surface area contributed by atoms with Crippen LogP contribution in [-0.4, -0.2) is 52.1 Å². The highest BCUT2D eigenvalue weighted by Crippen LogP contribution is 2.37. The molecule has 0 spiro atoms. The van der Waals surface area contributed by atoms with Crippen LogP contribution in [0.25, 0.3) is 10.9 Å². The van der Waals surface area contributed by atoms with E-state index in [2.05, 4.69) is 44.7 Å². The summed E-state index contributed by atoms with van der Waals surface area (Å²) >= 11 is 1.76. The van der Waals surface area contributed by atoms with E-state index in [9.17, 15) is 9.90 Å². The molecule has 5 rings (SSSR count). The van der Waals surface area contributed by atoms with E-state index < -0.39 is 12.1 Å². The fourth-order valence-corrected chi connectivity index (χ4v) is 5.91. The molecule has 38 heavy (non-hydrogen) atoms. The molecule has 0 bridgehead atoms. The van der Waals surface area contributed by atoms with E-state index in [-0.39, 0.29) is 5.91 Å². The summed E-state index contributed by atoms with van der Waals surface area (Å²) in [6.45, 7) is 4.04. The van der Waals surface area contributed by atoms with Gasteiger partial charge in [-0.25, -0.2) is 0 Å². The largest absolute Gasteiger partial charge is 0.390 e. The lowest BCUT2D eigenvalue weighted by atomic mass is 9.99. The average Bonchev–Trinajstić information content (AvgIpc) is 3.22. The molecule has 1 aliphatic heterocycles. The molecule has 1 amide bonds. The Kier molecular flexibility index (Phi) is 8.32. The molecule has 0 fully saturated rings. The van der Waals surface area contributed by atoms with E-state index in [4.69, 9.17) is 0 Å². The van der Waals surface area contributed by atoms with Crippen molar-refractivity contribution >= 4 is 34.4 Å². The zero-order valence-corrected chi connectivity index (χ0v) is 22.7. The van der Waals surface area contributed by atoms with E-state index in [0.717, 1.165) is 40.9 Å². The van der Waals surface area contributed by atoms with Crippen LogP contribution in [0, 0.1) is 0 Å². The number of anilines is 1. The molecule has 0 saturated carbocycles. The number of pyridine rings is 1. The Balaban J connectivity index is 1.38. The van der Waals surface area contributed by atoms with Crippen LogP contribution in [-0.2, 0) is 25.9 Å². The molecule has 2 aromatic heterocycles. The van der Waals surface area contributed by atoms with Gasteiger partial charge in [-0.1, -0.05) is 43.3 Å². The highest BCUT2D eigenvalue weighted by molar-refractivity contribution is 8.00. The summed E-state index contributed by atoms with van der Waals surface area (Å²) in [5.74, 6) is 0.810. The molecular formula is C30H35N5O2S. The highest BCUT2D eigenvalue weighted by atomic mass is 32.2. The van der Waals surface area contributed by atoms with Gasteiger partial charge in [0.25, 0.3) is 5.91 Å². The lowest BCUT2D eigenvalue weighted by Gasteiger charge is -2.25. The van der Waals surface area contributed by atoms with Crippen LogP contribution >= 0.6 is 11.9 Å². The number of hydrogen-bond donors (Lipinski definition) is 3. The maximum Gasteiger partial charge on any atom is 0.251 e. The van der Waals surface area contributed by atoms with Crippen molar-refractivity contribution in [2.45, 2.75) is 45.0 Å². The van der Waals surface area contributed by atoms with Crippen molar-refractivity contribution in [1.29, 1.82) is 0 Å². The van der Waals surface area contributed by atoms with Crippen LogP contribution in [0.3, 0.4) is 0 Å². The maximum atomic E-state index is 13.7. The van der Waals surface area contributed by atoms with Gasteiger partial charge in [-0.15, -0.1) is 0 Å². The quantitative estimate of drug-likeness (QED) is 0.267. The van der Waals surface area contributed by atoms with E-state index in [1.165, 1.54) is 11.1 Å². The third-order valence-corrected chi connectivity index (χ3v) is 8.07. The van der Waals surface area contributed by atoms with Crippen molar-refractivity contribution in [2.24, 2.45) is 0 Å². The van der Waals surface area contributed by atoms with Gasteiger partial charge in [0.15, 0.2) is 0 Å². The molecule has 0 saturated heterocycles. The molecule has 4 aromatic rings. The van der Waals surface area contributed by atoms with Gasteiger partial charge in [-0.05, 0) is 59.7 Å². The number of nitrogens with zero attached hydrogens (tertiary/aromatic N) is 3.